The van der Waals surface area contributed by atoms with Gasteiger partial charge in [0.1, 0.15) is 0 Å². The summed E-state index contributed by atoms with van der Waals surface area (Å²) in [5.74, 6) is 0.933. The van der Waals surface area contributed by atoms with Gasteiger partial charge in [-0.05, 0) is 50.6 Å². The Morgan fingerprint density at radius 1 is 1.21 bits per heavy atom. The lowest BCUT2D eigenvalue weighted by molar-refractivity contribution is 0.140. The molecule has 2 nitrogen and oxygen atoms in total. The fraction of sp³-hybridized carbons (Fsp3) is 0.647. The van der Waals surface area contributed by atoms with Gasteiger partial charge in [0.05, 0.1) is 6.10 Å². The number of aryl methyl sites for hydroxylation is 1. The van der Waals surface area contributed by atoms with Crippen LogP contribution in [-0.2, 0) is 0 Å². The molecule has 1 saturated carbocycles. The zero-order valence-corrected chi connectivity index (χ0v) is 12.3. The molecule has 1 aliphatic carbocycles. The van der Waals surface area contributed by atoms with Crippen LogP contribution in [-0.4, -0.2) is 29.6 Å². The lowest BCUT2D eigenvalue weighted by Crippen LogP contribution is -2.29. The number of aliphatic hydroxyl groups excluding tert-OH is 1. The zero-order valence-electron chi connectivity index (χ0n) is 12.3. The monoisotopic (exact) mass is 261 g/mol. The van der Waals surface area contributed by atoms with E-state index in [4.69, 9.17) is 0 Å². The van der Waals surface area contributed by atoms with Gasteiger partial charge in [0.25, 0.3) is 0 Å². The first kappa shape index (κ1) is 14.5. The van der Waals surface area contributed by atoms with E-state index in [2.05, 4.69) is 30.9 Å². The topological polar surface area (TPSA) is 23.5 Å². The second-order valence-electron chi connectivity index (χ2n) is 5.96. The van der Waals surface area contributed by atoms with Gasteiger partial charge < -0.3 is 10.0 Å². The molecule has 106 valence electrons. The van der Waals surface area contributed by atoms with Crippen molar-refractivity contribution in [3.8, 4) is 0 Å². The number of aliphatic hydroxyl groups is 1. The van der Waals surface area contributed by atoms with Crippen molar-refractivity contribution in [1.82, 2.24) is 4.90 Å². The van der Waals surface area contributed by atoms with Gasteiger partial charge in [-0.15, -0.1) is 0 Å². The fourth-order valence-corrected chi connectivity index (χ4v) is 2.54. The number of hydrogen-bond donors (Lipinski definition) is 1. The molecule has 0 amide bonds. The van der Waals surface area contributed by atoms with Crippen molar-refractivity contribution >= 4 is 0 Å². The molecule has 1 aliphatic rings. The molecule has 1 N–H and O–H groups in total. The number of hydrogen-bond acceptors (Lipinski definition) is 2. The largest absolute Gasteiger partial charge is 0.388 e. The summed E-state index contributed by atoms with van der Waals surface area (Å²) < 4.78 is 0. The minimum Gasteiger partial charge on any atom is -0.388 e. The number of rotatable bonds is 8. The van der Waals surface area contributed by atoms with E-state index in [0.29, 0.717) is 0 Å². The van der Waals surface area contributed by atoms with Crippen LogP contribution in [0.25, 0.3) is 0 Å². The molecule has 0 spiro atoms. The second kappa shape index (κ2) is 7.06. The van der Waals surface area contributed by atoms with Crippen molar-refractivity contribution in [3.63, 3.8) is 0 Å². The molecule has 0 aromatic heterocycles. The Labute approximate surface area is 117 Å². The molecule has 19 heavy (non-hydrogen) atoms. The highest BCUT2D eigenvalue weighted by Crippen LogP contribution is 2.30. The van der Waals surface area contributed by atoms with E-state index in [0.717, 1.165) is 31.0 Å². The highest BCUT2D eigenvalue weighted by atomic mass is 16.3. The Hall–Kier alpha value is -0.860. The Balaban J connectivity index is 1.79. The smallest absolute Gasteiger partial charge is 0.0802 e. The molecular weight excluding hydrogens is 234 g/mol. The normalized spacial score (nSPS) is 16.8. The van der Waals surface area contributed by atoms with Crippen molar-refractivity contribution < 1.29 is 5.11 Å². The summed E-state index contributed by atoms with van der Waals surface area (Å²) in [4.78, 5) is 2.52. The molecule has 0 bridgehead atoms. The first-order chi connectivity index (χ1) is 9.19. The van der Waals surface area contributed by atoms with Gasteiger partial charge in [-0.3, -0.25) is 0 Å². The average molecular weight is 261 g/mol. The zero-order chi connectivity index (χ0) is 13.7. The van der Waals surface area contributed by atoms with Gasteiger partial charge in [-0.1, -0.05) is 36.8 Å². The molecule has 1 fully saturated rings. The van der Waals surface area contributed by atoms with E-state index in [1.807, 2.05) is 12.1 Å². The molecule has 2 rings (SSSR count). The van der Waals surface area contributed by atoms with Gasteiger partial charge >= 0.3 is 0 Å². The van der Waals surface area contributed by atoms with Crippen LogP contribution in [0.4, 0.5) is 0 Å². The van der Waals surface area contributed by atoms with Gasteiger partial charge in [0, 0.05) is 13.1 Å². The molecule has 0 saturated heterocycles. The maximum atomic E-state index is 10.3. The molecular formula is C17H27NO. The van der Waals surface area contributed by atoms with Crippen molar-refractivity contribution in [2.75, 3.05) is 19.6 Å². The summed E-state index contributed by atoms with van der Waals surface area (Å²) in [6.45, 7) is 7.72. The van der Waals surface area contributed by atoms with Gasteiger partial charge in [0.2, 0.25) is 0 Å². The van der Waals surface area contributed by atoms with Crippen LogP contribution < -0.4 is 0 Å². The first-order valence-electron chi connectivity index (χ1n) is 7.66. The van der Waals surface area contributed by atoms with E-state index in [1.54, 1.807) is 0 Å². The van der Waals surface area contributed by atoms with Crippen LogP contribution >= 0.6 is 0 Å². The summed E-state index contributed by atoms with van der Waals surface area (Å²) in [7, 11) is 0. The first-order valence-corrected chi connectivity index (χ1v) is 7.66. The summed E-state index contributed by atoms with van der Waals surface area (Å²) in [6.07, 6.45) is 4.53. The van der Waals surface area contributed by atoms with E-state index in [1.165, 1.54) is 31.4 Å². The third-order valence-electron chi connectivity index (χ3n) is 3.93. The highest BCUT2D eigenvalue weighted by Gasteiger charge is 2.24. The molecule has 0 heterocycles. The van der Waals surface area contributed by atoms with E-state index in [9.17, 15) is 5.11 Å². The van der Waals surface area contributed by atoms with E-state index in [-0.39, 0.29) is 6.10 Å². The Kier molecular flexibility index (Phi) is 5.41. The highest BCUT2D eigenvalue weighted by molar-refractivity contribution is 5.23. The summed E-state index contributed by atoms with van der Waals surface area (Å²) >= 11 is 0. The van der Waals surface area contributed by atoms with Crippen LogP contribution in [0.1, 0.15) is 49.8 Å². The molecule has 2 heteroatoms. The molecule has 1 aromatic carbocycles. The predicted molar refractivity (Wildman–Crippen MR) is 80.2 cm³/mol. The lowest BCUT2D eigenvalue weighted by Gasteiger charge is -2.23. The van der Waals surface area contributed by atoms with E-state index >= 15 is 0 Å². The van der Waals surface area contributed by atoms with Crippen molar-refractivity contribution in [1.29, 1.82) is 0 Å². The van der Waals surface area contributed by atoms with Gasteiger partial charge in [-0.2, -0.15) is 0 Å². The number of nitrogens with zero attached hydrogens (tertiary/aromatic N) is 1. The minimum atomic E-state index is -0.320. The molecule has 1 atom stereocenters. The minimum absolute atomic E-state index is 0.320. The van der Waals surface area contributed by atoms with Crippen molar-refractivity contribution in [2.24, 2.45) is 5.92 Å². The van der Waals surface area contributed by atoms with Crippen LogP contribution in [0.2, 0.25) is 0 Å². The Bertz CT molecular complexity index is 369. The van der Waals surface area contributed by atoms with Crippen molar-refractivity contribution in [2.45, 2.75) is 45.6 Å². The predicted octanol–water partition coefficient (Wildman–Crippen LogP) is 3.54. The Morgan fingerprint density at radius 3 is 2.47 bits per heavy atom. The third-order valence-corrected chi connectivity index (χ3v) is 3.93. The summed E-state index contributed by atoms with van der Waals surface area (Å²) in [5, 5.41) is 10.3. The van der Waals surface area contributed by atoms with E-state index < -0.39 is 0 Å². The summed E-state index contributed by atoms with van der Waals surface area (Å²) in [5.41, 5.74) is 2.30. The van der Waals surface area contributed by atoms with Gasteiger partial charge in [0.15, 0.2) is 0 Å². The van der Waals surface area contributed by atoms with Crippen molar-refractivity contribution in [3.05, 3.63) is 35.4 Å². The van der Waals surface area contributed by atoms with Crippen LogP contribution in [0.5, 0.6) is 0 Å². The quantitative estimate of drug-likeness (QED) is 0.773. The lowest BCUT2D eigenvalue weighted by atomic mass is 10.0. The van der Waals surface area contributed by atoms with Crippen LogP contribution in [0.15, 0.2) is 24.3 Å². The molecule has 0 radical (unpaired) electrons. The molecule has 1 aromatic rings. The van der Waals surface area contributed by atoms with Crippen LogP contribution in [0, 0.1) is 12.8 Å². The fourth-order valence-electron chi connectivity index (χ4n) is 2.54. The number of benzene rings is 1. The van der Waals surface area contributed by atoms with Gasteiger partial charge in [-0.25, -0.2) is 0 Å². The summed E-state index contributed by atoms with van der Waals surface area (Å²) in [6, 6.07) is 8.25. The SMILES string of the molecule is CCCN(CCC(O)c1ccc(C)cc1)CC1CC1. The second-order valence-corrected chi connectivity index (χ2v) is 5.96. The van der Waals surface area contributed by atoms with Crippen LogP contribution in [0.3, 0.4) is 0 Å². The standard InChI is InChI=1S/C17H27NO/c1-3-11-18(13-15-6-7-15)12-10-17(19)16-8-4-14(2)5-9-16/h4-5,8-9,15,17,19H,3,6-7,10-13H2,1-2H3. The molecule has 0 aliphatic heterocycles. The Morgan fingerprint density at radius 2 is 1.89 bits per heavy atom. The average Bonchev–Trinajstić information content (AvgIpc) is 3.21. The maximum absolute atomic E-state index is 10.3. The maximum Gasteiger partial charge on any atom is 0.0802 e. The third kappa shape index (κ3) is 4.96. The molecule has 1 unspecified atom stereocenters.